The van der Waals surface area contributed by atoms with Crippen molar-refractivity contribution in [1.82, 2.24) is 15.0 Å². The lowest BCUT2D eigenvalue weighted by molar-refractivity contribution is 1.26. The van der Waals surface area contributed by atoms with Gasteiger partial charge in [-0.25, -0.2) is 9.97 Å². The Morgan fingerprint density at radius 1 is 1.39 bits per heavy atom. The van der Waals surface area contributed by atoms with Gasteiger partial charge < -0.3 is 4.98 Å². The summed E-state index contributed by atoms with van der Waals surface area (Å²) in [6.45, 7) is 0. The number of imidazole rings is 1. The van der Waals surface area contributed by atoms with Gasteiger partial charge in [-0.15, -0.1) is 11.3 Å². The number of aromatic amines is 1. The molecule has 0 fully saturated rings. The Kier molecular flexibility index (Phi) is 2.63. The van der Waals surface area contributed by atoms with Crippen molar-refractivity contribution in [3.63, 3.8) is 0 Å². The van der Waals surface area contributed by atoms with Crippen LogP contribution in [0.1, 0.15) is 10.8 Å². The highest BCUT2D eigenvalue weighted by atomic mass is 32.1. The molecule has 1 aromatic carbocycles. The predicted molar refractivity (Wildman–Crippen MR) is 71.7 cm³/mol. The molecule has 3 rings (SSSR count). The highest BCUT2D eigenvalue weighted by Gasteiger charge is 2.08. The van der Waals surface area contributed by atoms with Crippen molar-refractivity contribution in [3.8, 4) is 6.07 Å². The second-order valence-corrected chi connectivity index (χ2v) is 4.66. The molecule has 86 valence electrons. The highest BCUT2D eigenvalue weighted by molar-refractivity contribution is 7.19. The zero-order valence-corrected chi connectivity index (χ0v) is 10.1. The largest absolute Gasteiger partial charge is 0.345 e. The third kappa shape index (κ3) is 1.90. The van der Waals surface area contributed by atoms with E-state index >= 15 is 0 Å². The summed E-state index contributed by atoms with van der Waals surface area (Å²) in [5.41, 5.74) is 1.43. The molecule has 0 bridgehead atoms. The summed E-state index contributed by atoms with van der Waals surface area (Å²) in [6, 6.07) is 10.0. The molecule has 0 aliphatic rings. The minimum absolute atomic E-state index is 0.520. The van der Waals surface area contributed by atoms with Gasteiger partial charge in [0.15, 0.2) is 0 Å². The Labute approximate surface area is 107 Å². The fourth-order valence-electron chi connectivity index (χ4n) is 1.62. The summed E-state index contributed by atoms with van der Waals surface area (Å²) in [5, 5.41) is 9.93. The van der Waals surface area contributed by atoms with Crippen LogP contribution in [-0.2, 0) is 0 Å². The minimum atomic E-state index is 0.520. The number of rotatable bonds is 2. The van der Waals surface area contributed by atoms with Crippen molar-refractivity contribution in [3.05, 3.63) is 47.5 Å². The van der Waals surface area contributed by atoms with Gasteiger partial charge in [0.25, 0.3) is 0 Å². The molecule has 0 aliphatic heterocycles. The van der Waals surface area contributed by atoms with Gasteiger partial charge in [0.05, 0.1) is 15.8 Å². The number of nitrogens with zero attached hydrogens (tertiary/aromatic N) is 3. The van der Waals surface area contributed by atoms with Crippen LogP contribution in [0.4, 0.5) is 0 Å². The molecular formula is C13H8N4S. The van der Waals surface area contributed by atoms with E-state index in [1.807, 2.05) is 24.3 Å². The summed E-state index contributed by atoms with van der Waals surface area (Å²) in [4.78, 5) is 11.5. The van der Waals surface area contributed by atoms with Crippen LogP contribution in [-0.4, -0.2) is 15.0 Å². The molecule has 2 heterocycles. The van der Waals surface area contributed by atoms with Crippen molar-refractivity contribution in [2.75, 3.05) is 0 Å². The van der Waals surface area contributed by atoms with Gasteiger partial charge in [0.1, 0.15) is 16.9 Å². The van der Waals surface area contributed by atoms with Crippen LogP contribution < -0.4 is 0 Å². The van der Waals surface area contributed by atoms with E-state index in [4.69, 9.17) is 0 Å². The standard InChI is InChI=1S/C13H8N4S/c14-8-9(7-12-15-5-6-16-12)13-17-10-3-1-2-4-11(10)18-13/h1-7H,(H,15,16)/b9-7+. The van der Waals surface area contributed by atoms with E-state index in [0.717, 1.165) is 15.2 Å². The van der Waals surface area contributed by atoms with Crippen molar-refractivity contribution in [1.29, 1.82) is 5.26 Å². The molecule has 18 heavy (non-hydrogen) atoms. The van der Waals surface area contributed by atoms with Gasteiger partial charge in [-0.05, 0) is 12.1 Å². The average Bonchev–Trinajstić information content (AvgIpc) is 3.04. The summed E-state index contributed by atoms with van der Waals surface area (Å²) < 4.78 is 1.08. The van der Waals surface area contributed by atoms with Gasteiger partial charge in [0, 0.05) is 18.5 Å². The summed E-state index contributed by atoms with van der Waals surface area (Å²) >= 11 is 1.51. The van der Waals surface area contributed by atoms with E-state index in [0.29, 0.717) is 11.4 Å². The fourth-order valence-corrected chi connectivity index (χ4v) is 2.55. The number of para-hydroxylation sites is 1. The number of nitriles is 1. The number of benzene rings is 1. The van der Waals surface area contributed by atoms with Crippen molar-refractivity contribution < 1.29 is 0 Å². The molecular weight excluding hydrogens is 244 g/mol. The van der Waals surface area contributed by atoms with E-state index in [2.05, 4.69) is 21.0 Å². The van der Waals surface area contributed by atoms with Gasteiger partial charge in [-0.2, -0.15) is 5.26 Å². The molecule has 3 aromatic rings. The van der Waals surface area contributed by atoms with Gasteiger partial charge in [0.2, 0.25) is 0 Å². The van der Waals surface area contributed by atoms with Crippen LogP contribution in [0, 0.1) is 11.3 Å². The van der Waals surface area contributed by atoms with Crippen molar-refractivity contribution >= 4 is 33.2 Å². The van der Waals surface area contributed by atoms with Gasteiger partial charge >= 0.3 is 0 Å². The van der Waals surface area contributed by atoms with Crippen LogP contribution in [0.25, 0.3) is 21.9 Å². The van der Waals surface area contributed by atoms with Gasteiger partial charge in [-0.3, -0.25) is 0 Å². The normalized spacial score (nSPS) is 11.6. The molecule has 0 aliphatic carbocycles. The monoisotopic (exact) mass is 252 g/mol. The van der Waals surface area contributed by atoms with E-state index in [9.17, 15) is 5.26 Å². The van der Waals surface area contributed by atoms with Crippen molar-refractivity contribution in [2.24, 2.45) is 0 Å². The third-order valence-corrected chi connectivity index (χ3v) is 3.51. The SMILES string of the molecule is N#C/C(=C\c1ncc[nH]1)c1nc2ccccc2s1. The lowest BCUT2D eigenvalue weighted by atomic mass is 10.3. The van der Waals surface area contributed by atoms with E-state index in [-0.39, 0.29) is 0 Å². The van der Waals surface area contributed by atoms with Crippen LogP contribution in [0.15, 0.2) is 36.7 Å². The molecule has 0 saturated carbocycles. The molecule has 2 aromatic heterocycles. The Morgan fingerprint density at radius 3 is 3.00 bits per heavy atom. The number of hydrogen-bond acceptors (Lipinski definition) is 4. The van der Waals surface area contributed by atoms with Crippen LogP contribution >= 0.6 is 11.3 Å². The lowest BCUT2D eigenvalue weighted by Crippen LogP contribution is -1.81. The first-order chi connectivity index (χ1) is 8.86. The second-order valence-electron chi connectivity index (χ2n) is 3.63. The first-order valence-electron chi connectivity index (χ1n) is 5.34. The van der Waals surface area contributed by atoms with E-state index < -0.39 is 0 Å². The molecule has 1 N–H and O–H groups in total. The first kappa shape index (κ1) is 10.7. The molecule has 0 spiro atoms. The molecule has 0 atom stereocenters. The van der Waals surface area contributed by atoms with Crippen molar-refractivity contribution in [2.45, 2.75) is 0 Å². The van der Waals surface area contributed by atoms with Crippen LogP contribution in [0.3, 0.4) is 0 Å². The fraction of sp³-hybridized carbons (Fsp3) is 0. The first-order valence-corrected chi connectivity index (χ1v) is 6.15. The zero-order chi connectivity index (χ0) is 12.4. The van der Waals surface area contributed by atoms with E-state index in [1.165, 1.54) is 11.3 Å². The van der Waals surface area contributed by atoms with Crippen LogP contribution in [0.5, 0.6) is 0 Å². The summed E-state index contributed by atoms with van der Waals surface area (Å²) in [7, 11) is 0. The molecule has 0 unspecified atom stereocenters. The Morgan fingerprint density at radius 2 is 2.28 bits per heavy atom. The number of hydrogen-bond donors (Lipinski definition) is 1. The minimum Gasteiger partial charge on any atom is -0.345 e. The number of aromatic nitrogens is 3. The topological polar surface area (TPSA) is 65.4 Å². The highest BCUT2D eigenvalue weighted by Crippen LogP contribution is 2.27. The maximum Gasteiger partial charge on any atom is 0.135 e. The Bertz CT molecular complexity index is 714. The number of allylic oxidation sites excluding steroid dienone is 1. The molecule has 0 saturated heterocycles. The summed E-state index contributed by atoms with van der Waals surface area (Å²) in [5.74, 6) is 0.658. The maximum atomic E-state index is 9.21. The third-order valence-electron chi connectivity index (χ3n) is 2.45. The number of nitrogens with one attached hydrogen (secondary N) is 1. The molecule has 0 amide bonds. The lowest BCUT2D eigenvalue weighted by Gasteiger charge is -1.90. The Hall–Kier alpha value is -2.45. The smallest absolute Gasteiger partial charge is 0.135 e. The molecule has 5 heteroatoms. The predicted octanol–water partition coefficient (Wildman–Crippen LogP) is 3.08. The van der Waals surface area contributed by atoms with Crippen LogP contribution in [0.2, 0.25) is 0 Å². The Balaban J connectivity index is 2.09. The second kappa shape index (κ2) is 4.43. The maximum absolute atomic E-state index is 9.21. The molecule has 0 radical (unpaired) electrons. The average molecular weight is 252 g/mol. The summed E-state index contributed by atoms with van der Waals surface area (Å²) in [6.07, 6.45) is 5.08. The quantitative estimate of drug-likeness (QED) is 0.713. The molecule has 4 nitrogen and oxygen atoms in total. The zero-order valence-electron chi connectivity index (χ0n) is 9.29. The number of thiazole rings is 1. The van der Waals surface area contributed by atoms with Gasteiger partial charge in [-0.1, -0.05) is 12.1 Å². The number of fused-ring (bicyclic) bond motifs is 1. The van der Waals surface area contributed by atoms with E-state index in [1.54, 1.807) is 18.5 Å². The number of H-pyrrole nitrogens is 1.